The number of hydrogen-bond donors (Lipinski definition) is 0. The van der Waals surface area contributed by atoms with E-state index in [9.17, 15) is 4.79 Å². The van der Waals surface area contributed by atoms with Gasteiger partial charge in [-0.15, -0.1) is 10.2 Å². The van der Waals surface area contributed by atoms with Gasteiger partial charge in [0.05, 0.1) is 17.9 Å². The number of ether oxygens (including phenoxy) is 2. The minimum Gasteiger partial charge on any atom is -0.472 e. The third-order valence-corrected chi connectivity index (χ3v) is 3.05. The number of aromatic nitrogens is 4. The predicted molar refractivity (Wildman–Crippen MR) is 82.1 cm³/mol. The number of pyridine rings is 1. The Labute approximate surface area is 137 Å². The highest BCUT2D eigenvalue weighted by molar-refractivity contribution is 5.86. The van der Waals surface area contributed by atoms with E-state index in [4.69, 9.17) is 14.0 Å². The van der Waals surface area contributed by atoms with Crippen molar-refractivity contribution in [2.45, 2.75) is 13.5 Å². The van der Waals surface area contributed by atoms with Crippen molar-refractivity contribution in [1.29, 1.82) is 0 Å². The van der Waals surface area contributed by atoms with Crippen LogP contribution in [0.1, 0.15) is 23.0 Å². The summed E-state index contributed by atoms with van der Waals surface area (Å²) in [6, 6.07) is 8.55. The van der Waals surface area contributed by atoms with Crippen LogP contribution in [0.2, 0.25) is 0 Å². The molecule has 3 rings (SSSR count). The van der Waals surface area contributed by atoms with E-state index in [2.05, 4.69) is 20.3 Å². The Morgan fingerprint density at radius 1 is 1.21 bits per heavy atom. The summed E-state index contributed by atoms with van der Waals surface area (Å²) in [5.41, 5.74) is 2.15. The second-order valence-electron chi connectivity index (χ2n) is 4.67. The Kier molecular flexibility index (Phi) is 4.76. The molecule has 0 aliphatic heterocycles. The summed E-state index contributed by atoms with van der Waals surface area (Å²) in [4.78, 5) is 15.7. The van der Waals surface area contributed by atoms with Crippen molar-refractivity contribution in [2.24, 2.45) is 0 Å². The fourth-order valence-electron chi connectivity index (χ4n) is 1.94. The fraction of sp³-hybridized carbons (Fsp3) is 0.188. The standard InChI is InChI=1S/C16H14N4O4/c1-2-22-16(21)13-6-7-14(19-18-13)23-9-11-10-24-20-15(11)12-5-3-4-8-17-12/h3-8,10H,2,9H2,1H3. The van der Waals surface area contributed by atoms with Crippen LogP contribution in [0.25, 0.3) is 11.4 Å². The van der Waals surface area contributed by atoms with E-state index >= 15 is 0 Å². The Hall–Kier alpha value is -3.29. The molecule has 0 saturated carbocycles. The van der Waals surface area contributed by atoms with Gasteiger partial charge in [-0.1, -0.05) is 11.2 Å². The molecule has 0 radical (unpaired) electrons. The van der Waals surface area contributed by atoms with Gasteiger partial charge >= 0.3 is 5.97 Å². The lowest BCUT2D eigenvalue weighted by Gasteiger charge is -2.05. The average Bonchev–Trinajstić information content (AvgIpc) is 3.10. The molecule has 0 aliphatic rings. The van der Waals surface area contributed by atoms with Gasteiger partial charge in [0.2, 0.25) is 5.88 Å². The Balaban J connectivity index is 1.67. The number of esters is 1. The van der Waals surface area contributed by atoms with Crippen LogP contribution >= 0.6 is 0 Å². The van der Waals surface area contributed by atoms with Gasteiger partial charge in [-0.3, -0.25) is 4.98 Å². The fourth-order valence-corrected chi connectivity index (χ4v) is 1.94. The molecule has 0 fully saturated rings. The maximum atomic E-state index is 11.5. The lowest BCUT2D eigenvalue weighted by molar-refractivity contribution is 0.0518. The molecule has 0 aliphatic carbocycles. The van der Waals surface area contributed by atoms with E-state index in [0.29, 0.717) is 11.4 Å². The summed E-state index contributed by atoms with van der Waals surface area (Å²) >= 11 is 0. The van der Waals surface area contributed by atoms with Gasteiger partial charge in [-0.2, -0.15) is 0 Å². The number of rotatable bonds is 6. The number of nitrogens with zero attached hydrogens (tertiary/aromatic N) is 4. The number of carbonyl (C=O) groups is 1. The van der Waals surface area contributed by atoms with E-state index in [1.54, 1.807) is 19.2 Å². The molecule has 0 N–H and O–H groups in total. The molecule has 0 amide bonds. The Bertz CT molecular complexity index is 802. The zero-order valence-electron chi connectivity index (χ0n) is 12.9. The van der Waals surface area contributed by atoms with Crippen LogP contribution in [0.3, 0.4) is 0 Å². The molecule has 3 aromatic heterocycles. The molecule has 8 heteroatoms. The predicted octanol–water partition coefficient (Wildman–Crippen LogP) is 2.28. The highest BCUT2D eigenvalue weighted by Crippen LogP contribution is 2.21. The summed E-state index contributed by atoms with van der Waals surface area (Å²) in [6.07, 6.45) is 3.17. The highest BCUT2D eigenvalue weighted by atomic mass is 16.5. The SMILES string of the molecule is CCOC(=O)c1ccc(OCc2conc2-c2ccccn2)nn1. The van der Waals surface area contributed by atoms with Crippen molar-refractivity contribution >= 4 is 5.97 Å². The Morgan fingerprint density at radius 2 is 2.12 bits per heavy atom. The van der Waals surface area contributed by atoms with Gasteiger partial charge in [0.1, 0.15) is 18.6 Å². The van der Waals surface area contributed by atoms with Gasteiger partial charge < -0.3 is 14.0 Å². The summed E-state index contributed by atoms with van der Waals surface area (Å²) < 4.78 is 15.4. The monoisotopic (exact) mass is 326 g/mol. The van der Waals surface area contributed by atoms with Crippen LogP contribution in [0.4, 0.5) is 0 Å². The molecule has 24 heavy (non-hydrogen) atoms. The highest BCUT2D eigenvalue weighted by Gasteiger charge is 2.13. The van der Waals surface area contributed by atoms with Crippen molar-refractivity contribution in [1.82, 2.24) is 20.3 Å². The van der Waals surface area contributed by atoms with Gasteiger partial charge in [-0.05, 0) is 25.1 Å². The molecule has 122 valence electrons. The summed E-state index contributed by atoms with van der Waals surface area (Å²) in [7, 11) is 0. The van der Waals surface area contributed by atoms with Crippen molar-refractivity contribution in [3.63, 3.8) is 0 Å². The minimum atomic E-state index is -0.520. The van der Waals surface area contributed by atoms with Crippen LogP contribution in [0.5, 0.6) is 5.88 Å². The maximum Gasteiger partial charge on any atom is 0.358 e. The zero-order chi connectivity index (χ0) is 16.8. The molecular weight excluding hydrogens is 312 g/mol. The van der Waals surface area contributed by atoms with Gasteiger partial charge in [-0.25, -0.2) is 4.79 Å². The average molecular weight is 326 g/mol. The molecular formula is C16H14N4O4. The molecule has 0 saturated heterocycles. The van der Waals surface area contributed by atoms with E-state index in [1.807, 2.05) is 18.2 Å². The third-order valence-electron chi connectivity index (χ3n) is 3.05. The molecule has 0 bridgehead atoms. The normalized spacial score (nSPS) is 10.4. The topological polar surface area (TPSA) is 100 Å². The van der Waals surface area contributed by atoms with Gasteiger partial charge in [0, 0.05) is 12.3 Å². The van der Waals surface area contributed by atoms with E-state index in [0.717, 1.165) is 5.56 Å². The van der Waals surface area contributed by atoms with Crippen LogP contribution < -0.4 is 4.74 Å². The first-order chi connectivity index (χ1) is 11.8. The first-order valence-corrected chi connectivity index (χ1v) is 7.26. The molecule has 0 spiro atoms. The zero-order valence-corrected chi connectivity index (χ0v) is 12.9. The first kappa shape index (κ1) is 15.6. The minimum absolute atomic E-state index is 0.128. The lowest BCUT2D eigenvalue weighted by atomic mass is 10.2. The summed E-state index contributed by atoms with van der Waals surface area (Å²) in [5.74, 6) is -0.246. The largest absolute Gasteiger partial charge is 0.472 e. The van der Waals surface area contributed by atoms with E-state index in [-0.39, 0.29) is 24.8 Å². The van der Waals surface area contributed by atoms with Crippen molar-refractivity contribution < 1.29 is 18.8 Å². The lowest BCUT2D eigenvalue weighted by Crippen LogP contribution is -2.08. The molecule has 0 aromatic carbocycles. The van der Waals surface area contributed by atoms with Gasteiger partial charge in [0.25, 0.3) is 0 Å². The van der Waals surface area contributed by atoms with Crippen molar-refractivity contribution in [2.75, 3.05) is 6.61 Å². The first-order valence-electron chi connectivity index (χ1n) is 7.26. The van der Waals surface area contributed by atoms with Crippen LogP contribution in [-0.4, -0.2) is 32.9 Å². The number of carbonyl (C=O) groups excluding carboxylic acids is 1. The van der Waals surface area contributed by atoms with Crippen molar-refractivity contribution in [3.05, 3.63) is 54.0 Å². The molecule has 8 nitrogen and oxygen atoms in total. The summed E-state index contributed by atoms with van der Waals surface area (Å²) in [6.45, 7) is 2.19. The summed E-state index contributed by atoms with van der Waals surface area (Å²) in [5, 5.41) is 11.6. The van der Waals surface area contributed by atoms with Gasteiger partial charge in [0.15, 0.2) is 5.69 Å². The third kappa shape index (κ3) is 3.54. The molecule has 0 unspecified atom stereocenters. The Morgan fingerprint density at radius 3 is 2.83 bits per heavy atom. The van der Waals surface area contributed by atoms with Crippen LogP contribution in [-0.2, 0) is 11.3 Å². The second kappa shape index (κ2) is 7.32. The molecule has 0 atom stereocenters. The second-order valence-corrected chi connectivity index (χ2v) is 4.67. The quantitative estimate of drug-likeness (QED) is 0.636. The smallest absolute Gasteiger partial charge is 0.358 e. The molecule has 3 heterocycles. The van der Waals surface area contributed by atoms with Crippen LogP contribution in [0, 0.1) is 0 Å². The van der Waals surface area contributed by atoms with E-state index in [1.165, 1.54) is 12.3 Å². The number of hydrogen-bond acceptors (Lipinski definition) is 8. The van der Waals surface area contributed by atoms with Crippen molar-refractivity contribution in [3.8, 4) is 17.3 Å². The van der Waals surface area contributed by atoms with E-state index < -0.39 is 5.97 Å². The van der Waals surface area contributed by atoms with Crippen LogP contribution in [0.15, 0.2) is 47.3 Å². The maximum absolute atomic E-state index is 11.5. The molecule has 3 aromatic rings.